The first-order valence-electron chi connectivity index (χ1n) is 5.81. The van der Waals surface area contributed by atoms with Gasteiger partial charge in [0, 0.05) is 15.9 Å². The molecule has 1 nitrogen and oxygen atoms in total. The van der Waals surface area contributed by atoms with E-state index >= 15 is 0 Å². The molecule has 100 valence electrons. The van der Waals surface area contributed by atoms with Gasteiger partial charge in [-0.05, 0) is 42.3 Å². The van der Waals surface area contributed by atoms with E-state index in [9.17, 15) is 9.50 Å². The lowest BCUT2D eigenvalue weighted by atomic mass is 9.89. The molecular formula is C15H13BrClFO. The SMILES string of the molecule is CC(O)(Cc1ccc(F)cc1Cl)c1ccc(Br)cc1. The third-order valence-corrected chi connectivity index (χ3v) is 3.90. The average molecular weight is 344 g/mol. The fourth-order valence-electron chi connectivity index (χ4n) is 1.95. The van der Waals surface area contributed by atoms with Crippen molar-refractivity contribution in [3.05, 3.63) is 68.9 Å². The van der Waals surface area contributed by atoms with Crippen LogP contribution in [0.15, 0.2) is 46.9 Å². The van der Waals surface area contributed by atoms with Crippen LogP contribution in [-0.4, -0.2) is 5.11 Å². The fourth-order valence-corrected chi connectivity index (χ4v) is 2.45. The second-order valence-electron chi connectivity index (χ2n) is 4.69. The van der Waals surface area contributed by atoms with Gasteiger partial charge in [0.25, 0.3) is 0 Å². The number of halogens is 3. The van der Waals surface area contributed by atoms with E-state index in [1.54, 1.807) is 13.0 Å². The van der Waals surface area contributed by atoms with Gasteiger partial charge in [0.1, 0.15) is 5.82 Å². The molecule has 0 aliphatic heterocycles. The van der Waals surface area contributed by atoms with Gasteiger partial charge in [0.15, 0.2) is 0 Å². The Bertz CT molecular complexity index is 581. The predicted octanol–water partition coefficient (Wildman–Crippen LogP) is 4.69. The molecule has 2 aromatic carbocycles. The van der Waals surface area contributed by atoms with Gasteiger partial charge < -0.3 is 5.11 Å². The summed E-state index contributed by atoms with van der Waals surface area (Å²) in [7, 11) is 0. The van der Waals surface area contributed by atoms with Crippen molar-refractivity contribution < 1.29 is 9.50 Å². The molecule has 1 unspecified atom stereocenters. The van der Waals surface area contributed by atoms with Crippen LogP contribution in [0.1, 0.15) is 18.1 Å². The molecular weight excluding hydrogens is 331 g/mol. The van der Waals surface area contributed by atoms with Crippen molar-refractivity contribution in [3.8, 4) is 0 Å². The lowest BCUT2D eigenvalue weighted by molar-refractivity contribution is 0.0576. The van der Waals surface area contributed by atoms with Crippen molar-refractivity contribution in [1.82, 2.24) is 0 Å². The standard InChI is InChI=1S/C15H13BrClFO/c1-15(19,11-3-5-12(16)6-4-11)9-10-2-7-13(18)8-14(10)17/h2-8,19H,9H2,1H3. The molecule has 1 atom stereocenters. The van der Waals surface area contributed by atoms with E-state index in [2.05, 4.69) is 15.9 Å². The highest BCUT2D eigenvalue weighted by atomic mass is 79.9. The number of hydrogen-bond donors (Lipinski definition) is 1. The highest BCUT2D eigenvalue weighted by molar-refractivity contribution is 9.10. The summed E-state index contributed by atoms with van der Waals surface area (Å²) in [5.41, 5.74) is 0.453. The van der Waals surface area contributed by atoms with Crippen LogP contribution in [0.4, 0.5) is 4.39 Å². The Morgan fingerprint density at radius 3 is 2.42 bits per heavy atom. The van der Waals surface area contributed by atoms with E-state index in [1.807, 2.05) is 24.3 Å². The first-order valence-corrected chi connectivity index (χ1v) is 6.98. The molecule has 2 rings (SSSR count). The molecule has 4 heteroatoms. The van der Waals surface area contributed by atoms with Gasteiger partial charge >= 0.3 is 0 Å². The number of hydrogen-bond acceptors (Lipinski definition) is 1. The molecule has 0 radical (unpaired) electrons. The molecule has 1 N–H and O–H groups in total. The van der Waals surface area contributed by atoms with E-state index in [1.165, 1.54) is 12.1 Å². The zero-order valence-corrected chi connectivity index (χ0v) is 12.7. The molecule has 0 aliphatic carbocycles. The summed E-state index contributed by atoms with van der Waals surface area (Å²) in [6.07, 6.45) is 0.327. The Balaban J connectivity index is 2.27. The number of benzene rings is 2. The Hall–Kier alpha value is -0.900. The molecule has 2 aromatic rings. The van der Waals surface area contributed by atoms with E-state index in [0.29, 0.717) is 11.4 Å². The monoisotopic (exact) mass is 342 g/mol. The minimum Gasteiger partial charge on any atom is -0.385 e. The zero-order valence-electron chi connectivity index (χ0n) is 10.3. The van der Waals surface area contributed by atoms with Crippen LogP contribution in [-0.2, 0) is 12.0 Å². The van der Waals surface area contributed by atoms with E-state index in [0.717, 1.165) is 15.6 Å². The van der Waals surface area contributed by atoms with Crippen LogP contribution in [0.2, 0.25) is 5.02 Å². The third-order valence-electron chi connectivity index (χ3n) is 3.02. The molecule has 0 aliphatic rings. The van der Waals surface area contributed by atoms with E-state index < -0.39 is 5.60 Å². The highest BCUT2D eigenvalue weighted by Crippen LogP contribution is 2.29. The topological polar surface area (TPSA) is 20.2 Å². The molecule has 0 bridgehead atoms. The minimum absolute atomic E-state index is 0.327. The van der Waals surface area contributed by atoms with Crippen molar-refractivity contribution in [2.24, 2.45) is 0 Å². The lowest BCUT2D eigenvalue weighted by Gasteiger charge is -2.24. The van der Waals surface area contributed by atoms with Crippen LogP contribution in [0, 0.1) is 5.82 Å². The quantitative estimate of drug-likeness (QED) is 0.857. The summed E-state index contributed by atoms with van der Waals surface area (Å²) in [6, 6.07) is 11.6. The van der Waals surface area contributed by atoms with Crippen molar-refractivity contribution in [3.63, 3.8) is 0 Å². The second-order valence-corrected chi connectivity index (χ2v) is 6.02. The van der Waals surface area contributed by atoms with Gasteiger partial charge in [-0.2, -0.15) is 0 Å². The molecule has 0 spiro atoms. The molecule has 0 heterocycles. The Morgan fingerprint density at radius 1 is 1.21 bits per heavy atom. The maximum absolute atomic E-state index is 13.0. The van der Waals surface area contributed by atoms with Crippen molar-refractivity contribution in [2.75, 3.05) is 0 Å². The highest BCUT2D eigenvalue weighted by Gasteiger charge is 2.24. The van der Waals surface area contributed by atoms with E-state index in [-0.39, 0.29) is 5.82 Å². The molecule has 0 amide bonds. The maximum atomic E-state index is 13.0. The van der Waals surface area contributed by atoms with Gasteiger partial charge in [0.2, 0.25) is 0 Å². The fraction of sp³-hybridized carbons (Fsp3) is 0.200. The Morgan fingerprint density at radius 2 is 1.84 bits per heavy atom. The minimum atomic E-state index is -1.05. The van der Waals surface area contributed by atoms with Crippen molar-refractivity contribution in [1.29, 1.82) is 0 Å². The molecule has 19 heavy (non-hydrogen) atoms. The number of rotatable bonds is 3. The van der Waals surface area contributed by atoms with Gasteiger partial charge in [-0.25, -0.2) is 4.39 Å². The van der Waals surface area contributed by atoms with Crippen molar-refractivity contribution >= 4 is 27.5 Å². The summed E-state index contributed by atoms with van der Waals surface area (Å²) < 4.78 is 13.9. The second kappa shape index (κ2) is 5.61. The number of aliphatic hydroxyl groups is 1. The van der Waals surface area contributed by atoms with E-state index in [4.69, 9.17) is 11.6 Å². The normalized spacial score (nSPS) is 14.2. The summed E-state index contributed by atoms with van der Waals surface area (Å²) in [5.74, 6) is -0.378. The summed E-state index contributed by atoms with van der Waals surface area (Å²) in [4.78, 5) is 0. The largest absolute Gasteiger partial charge is 0.385 e. The summed E-state index contributed by atoms with van der Waals surface area (Å²) in [6.45, 7) is 1.72. The first-order chi connectivity index (χ1) is 8.88. The third kappa shape index (κ3) is 3.56. The summed E-state index contributed by atoms with van der Waals surface area (Å²) in [5, 5.41) is 10.9. The van der Waals surface area contributed by atoms with Gasteiger partial charge in [-0.3, -0.25) is 0 Å². The van der Waals surface area contributed by atoms with Crippen LogP contribution >= 0.6 is 27.5 Å². The lowest BCUT2D eigenvalue weighted by Crippen LogP contribution is -2.24. The Kier molecular flexibility index (Phi) is 4.29. The van der Waals surface area contributed by atoms with Crippen LogP contribution < -0.4 is 0 Å². The van der Waals surface area contributed by atoms with Crippen LogP contribution in [0.3, 0.4) is 0 Å². The summed E-state index contributed by atoms with van der Waals surface area (Å²) >= 11 is 9.34. The molecule has 0 fully saturated rings. The molecule has 0 saturated carbocycles. The Labute approximate surface area is 125 Å². The average Bonchev–Trinajstić information content (AvgIpc) is 2.33. The van der Waals surface area contributed by atoms with Gasteiger partial charge in [-0.1, -0.05) is 45.7 Å². The van der Waals surface area contributed by atoms with Crippen LogP contribution in [0.5, 0.6) is 0 Å². The molecule has 0 aromatic heterocycles. The zero-order chi connectivity index (χ0) is 14.0. The van der Waals surface area contributed by atoms with Crippen LogP contribution in [0.25, 0.3) is 0 Å². The van der Waals surface area contributed by atoms with Gasteiger partial charge in [-0.15, -0.1) is 0 Å². The van der Waals surface area contributed by atoms with Gasteiger partial charge in [0.05, 0.1) is 5.60 Å². The molecule has 0 saturated heterocycles. The predicted molar refractivity (Wildman–Crippen MR) is 78.8 cm³/mol. The smallest absolute Gasteiger partial charge is 0.124 e. The van der Waals surface area contributed by atoms with Crippen molar-refractivity contribution in [2.45, 2.75) is 18.9 Å². The maximum Gasteiger partial charge on any atom is 0.124 e. The first kappa shape index (κ1) is 14.5.